The Morgan fingerprint density at radius 3 is 1.96 bits per heavy atom. The first-order valence-electron chi connectivity index (χ1n) is 8.21. The van der Waals surface area contributed by atoms with Crippen LogP contribution >= 0.6 is 0 Å². The number of halogens is 6. The van der Waals surface area contributed by atoms with Crippen LogP contribution in [0.1, 0.15) is 31.4 Å². The Labute approximate surface area is 153 Å². The number of amides is 1. The quantitative estimate of drug-likeness (QED) is 0.515. The van der Waals surface area contributed by atoms with E-state index in [1.165, 1.54) is 0 Å². The second kappa shape index (κ2) is 9.29. The fourth-order valence-electron chi connectivity index (χ4n) is 2.30. The van der Waals surface area contributed by atoms with E-state index in [0.717, 1.165) is 0 Å². The van der Waals surface area contributed by atoms with Crippen LogP contribution in [0, 0.1) is 5.92 Å². The normalized spacial score (nSPS) is 13.6. The lowest BCUT2D eigenvalue weighted by molar-refractivity contribution is -0.143. The van der Waals surface area contributed by atoms with Crippen LogP contribution in [0.25, 0.3) is 0 Å². The highest BCUT2D eigenvalue weighted by molar-refractivity contribution is 5.81. The van der Waals surface area contributed by atoms with Gasteiger partial charge >= 0.3 is 12.4 Å². The number of nitrogens with one attached hydrogen (secondary N) is 2. The molecule has 0 saturated carbocycles. The minimum absolute atomic E-state index is 0.0259. The Morgan fingerprint density at radius 2 is 1.56 bits per heavy atom. The highest BCUT2D eigenvalue weighted by Crippen LogP contribution is 2.38. The van der Waals surface area contributed by atoms with Crippen LogP contribution in [-0.4, -0.2) is 32.1 Å². The van der Waals surface area contributed by atoms with Crippen LogP contribution in [0.3, 0.4) is 0 Å². The van der Waals surface area contributed by atoms with Gasteiger partial charge in [-0.05, 0) is 37.6 Å². The van der Waals surface area contributed by atoms with Crippen molar-refractivity contribution in [2.45, 2.75) is 38.7 Å². The van der Waals surface area contributed by atoms with E-state index in [-0.39, 0.29) is 31.0 Å². The Bertz CT molecular complexity index is 597. The molecule has 0 aliphatic rings. The zero-order chi connectivity index (χ0) is 20.8. The molecule has 1 rings (SSSR count). The van der Waals surface area contributed by atoms with Gasteiger partial charge in [0.2, 0.25) is 5.91 Å². The summed E-state index contributed by atoms with van der Waals surface area (Å²) in [6.45, 7) is 3.54. The van der Waals surface area contributed by atoms with Crippen molar-refractivity contribution in [1.82, 2.24) is 10.6 Å². The van der Waals surface area contributed by atoms with Gasteiger partial charge in [0.25, 0.3) is 0 Å². The second-order valence-electron chi connectivity index (χ2n) is 6.35. The van der Waals surface area contributed by atoms with Gasteiger partial charge in [-0.15, -0.1) is 0 Å². The maximum Gasteiger partial charge on any atom is 0.416 e. The molecule has 1 aromatic rings. The Kier molecular flexibility index (Phi) is 7.94. The number of carbonyl (C=O) groups excluding carboxylic acids is 1. The molecule has 10 heteroatoms. The molecule has 0 aliphatic heterocycles. The highest BCUT2D eigenvalue weighted by Gasteiger charge is 2.37. The molecule has 1 atom stereocenters. The summed E-state index contributed by atoms with van der Waals surface area (Å²) in [4.78, 5) is 12.0. The zero-order valence-electron chi connectivity index (χ0n) is 15.1. The van der Waals surface area contributed by atoms with Crippen LogP contribution in [0.15, 0.2) is 18.2 Å². The summed E-state index contributed by atoms with van der Waals surface area (Å²) in [5.41, 5.74) is -2.91. The third-order valence-electron chi connectivity index (χ3n) is 3.60. The average Bonchev–Trinajstić information content (AvgIpc) is 2.54. The van der Waals surface area contributed by atoms with E-state index in [1.54, 1.807) is 7.05 Å². The van der Waals surface area contributed by atoms with Crippen LogP contribution in [0.2, 0.25) is 0 Å². The number of ether oxygens (including phenoxy) is 1. The second-order valence-corrected chi connectivity index (χ2v) is 6.35. The number of benzene rings is 1. The van der Waals surface area contributed by atoms with Gasteiger partial charge in [-0.1, -0.05) is 13.8 Å². The first kappa shape index (κ1) is 23.1. The summed E-state index contributed by atoms with van der Waals surface area (Å²) < 4.78 is 81.6. The minimum Gasteiger partial charge on any atom is -0.492 e. The van der Waals surface area contributed by atoms with Crippen LogP contribution < -0.4 is 15.4 Å². The van der Waals surface area contributed by atoms with Gasteiger partial charge in [0.15, 0.2) is 0 Å². The van der Waals surface area contributed by atoms with Gasteiger partial charge < -0.3 is 15.4 Å². The van der Waals surface area contributed by atoms with E-state index >= 15 is 0 Å². The smallest absolute Gasteiger partial charge is 0.416 e. The maximum atomic E-state index is 12.8. The Morgan fingerprint density at radius 1 is 1.04 bits per heavy atom. The maximum absolute atomic E-state index is 12.8. The van der Waals surface area contributed by atoms with Crippen molar-refractivity contribution in [3.05, 3.63) is 29.3 Å². The summed E-state index contributed by atoms with van der Waals surface area (Å²) in [6, 6.07) is 0.562. The minimum atomic E-state index is -4.94. The van der Waals surface area contributed by atoms with Crippen molar-refractivity contribution in [3.63, 3.8) is 0 Å². The molecule has 0 saturated heterocycles. The van der Waals surface area contributed by atoms with Gasteiger partial charge in [0, 0.05) is 0 Å². The predicted octanol–water partition coefficient (Wildman–Crippen LogP) is 3.85. The van der Waals surface area contributed by atoms with Crippen LogP contribution in [0.4, 0.5) is 26.3 Å². The van der Waals surface area contributed by atoms with E-state index in [0.29, 0.717) is 18.6 Å². The summed E-state index contributed by atoms with van der Waals surface area (Å²) in [5, 5.41) is 5.37. The topological polar surface area (TPSA) is 50.4 Å². The Balaban J connectivity index is 2.73. The number of carbonyl (C=O) groups is 1. The van der Waals surface area contributed by atoms with Crippen molar-refractivity contribution in [2.75, 3.05) is 20.2 Å². The molecular formula is C17H22F6N2O2. The number of likely N-dealkylation sites (N-methyl/N-ethyl adjacent to an activating group) is 1. The molecule has 0 aromatic heterocycles. The number of hydrogen-bond donors (Lipinski definition) is 2. The fourth-order valence-corrected chi connectivity index (χ4v) is 2.30. The van der Waals surface area contributed by atoms with Crippen molar-refractivity contribution in [3.8, 4) is 5.75 Å². The lowest BCUT2D eigenvalue weighted by Crippen LogP contribution is -2.44. The van der Waals surface area contributed by atoms with E-state index in [2.05, 4.69) is 10.6 Å². The van der Waals surface area contributed by atoms with Gasteiger partial charge in [-0.3, -0.25) is 4.79 Å². The first-order valence-corrected chi connectivity index (χ1v) is 8.21. The third-order valence-corrected chi connectivity index (χ3v) is 3.60. The third kappa shape index (κ3) is 7.66. The number of hydrogen-bond acceptors (Lipinski definition) is 3. The summed E-state index contributed by atoms with van der Waals surface area (Å²) in [6.07, 6.45) is -9.30. The monoisotopic (exact) mass is 400 g/mol. The van der Waals surface area contributed by atoms with E-state index in [4.69, 9.17) is 4.74 Å². The van der Waals surface area contributed by atoms with Crippen molar-refractivity contribution < 1.29 is 35.9 Å². The largest absolute Gasteiger partial charge is 0.492 e. The summed E-state index contributed by atoms with van der Waals surface area (Å²) in [5.74, 6) is -0.635. The number of rotatable bonds is 8. The van der Waals surface area contributed by atoms with E-state index in [9.17, 15) is 31.1 Å². The molecule has 4 nitrogen and oxygen atoms in total. The van der Waals surface area contributed by atoms with Gasteiger partial charge in [0.1, 0.15) is 12.4 Å². The van der Waals surface area contributed by atoms with Crippen molar-refractivity contribution in [2.24, 2.45) is 5.92 Å². The highest BCUT2D eigenvalue weighted by atomic mass is 19.4. The molecule has 0 radical (unpaired) electrons. The average molecular weight is 400 g/mol. The molecule has 1 amide bonds. The standard InChI is InChI=1S/C17H22F6N2O2/c1-10(2)6-14(24-3)15(26)25-4-5-27-13-8-11(16(18,19)20)7-12(9-13)17(21,22)23/h7-10,14,24H,4-6H2,1-3H3,(H,25,26). The summed E-state index contributed by atoms with van der Waals surface area (Å²) >= 11 is 0. The number of alkyl halides is 6. The van der Waals surface area contributed by atoms with Crippen LogP contribution in [0.5, 0.6) is 5.75 Å². The lowest BCUT2D eigenvalue weighted by atomic mass is 10.0. The van der Waals surface area contributed by atoms with Gasteiger partial charge in [-0.2, -0.15) is 26.3 Å². The van der Waals surface area contributed by atoms with E-state index in [1.807, 2.05) is 13.8 Å². The SMILES string of the molecule is CNC(CC(C)C)C(=O)NCCOc1cc(C(F)(F)F)cc(C(F)(F)F)c1. The summed E-state index contributed by atoms with van der Waals surface area (Å²) in [7, 11) is 1.62. The van der Waals surface area contributed by atoms with Gasteiger partial charge in [-0.25, -0.2) is 0 Å². The molecule has 27 heavy (non-hydrogen) atoms. The van der Waals surface area contributed by atoms with Gasteiger partial charge in [0.05, 0.1) is 23.7 Å². The lowest BCUT2D eigenvalue weighted by Gasteiger charge is -2.18. The van der Waals surface area contributed by atoms with E-state index < -0.39 is 35.3 Å². The molecule has 154 valence electrons. The van der Waals surface area contributed by atoms with Crippen molar-refractivity contribution >= 4 is 5.91 Å². The predicted molar refractivity (Wildman–Crippen MR) is 87.3 cm³/mol. The van der Waals surface area contributed by atoms with Crippen molar-refractivity contribution in [1.29, 1.82) is 0 Å². The van der Waals surface area contributed by atoms with Crippen LogP contribution in [-0.2, 0) is 17.1 Å². The fraction of sp³-hybridized carbons (Fsp3) is 0.588. The molecule has 0 fully saturated rings. The molecule has 1 unspecified atom stereocenters. The first-order chi connectivity index (χ1) is 12.3. The Hall–Kier alpha value is -1.97. The zero-order valence-corrected chi connectivity index (χ0v) is 15.1. The molecule has 0 heterocycles. The molecule has 0 aliphatic carbocycles. The molecule has 0 bridgehead atoms. The molecule has 0 spiro atoms. The molecular weight excluding hydrogens is 378 g/mol. The molecule has 1 aromatic carbocycles. The molecule has 2 N–H and O–H groups in total.